The third-order valence-corrected chi connectivity index (χ3v) is 8.66. The molecular formula is C32H34F3N5O2. The van der Waals surface area contributed by atoms with E-state index in [4.69, 9.17) is 14.7 Å². The van der Waals surface area contributed by atoms with E-state index >= 15 is 0 Å². The smallest absolute Gasteiger partial charge is 0.406 e. The number of alkyl halides is 3. The quantitative estimate of drug-likeness (QED) is 0.356. The zero-order valence-corrected chi connectivity index (χ0v) is 23.6. The Kier molecular flexibility index (Phi) is 7.69. The number of halogens is 3. The molecular weight excluding hydrogens is 543 g/mol. The highest BCUT2D eigenvalue weighted by molar-refractivity contribution is 5.94. The van der Waals surface area contributed by atoms with Crippen molar-refractivity contribution in [2.75, 3.05) is 50.6 Å². The van der Waals surface area contributed by atoms with Crippen LogP contribution >= 0.6 is 0 Å². The van der Waals surface area contributed by atoms with Crippen LogP contribution in [0.4, 0.5) is 24.5 Å². The van der Waals surface area contributed by atoms with E-state index in [2.05, 4.69) is 33.4 Å². The van der Waals surface area contributed by atoms with Crippen LogP contribution in [0.15, 0.2) is 42.5 Å². The van der Waals surface area contributed by atoms with Gasteiger partial charge in [-0.25, -0.2) is 0 Å². The first-order chi connectivity index (χ1) is 20.3. The van der Waals surface area contributed by atoms with E-state index in [0.29, 0.717) is 39.7 Å². The molecule has 0 bridgehead atoms. The number of methoxy groups -OCH3 is 1. The summed E-state index contributed by atoms with van der Waals surface area (Å²) in [6.45, 7) is 3.15. The van der Waals surface area contributed by atoms with Crippen molar-refractivity contribution in [2.45, 2.75) is 50.5 Å². The van der Waals surface area contributed by atoms with E-state index in [1.807, 2.05) is 6.07 Å². The van der Waals surface area contributed by atoms with Gasteiger partial charge < -0.3 is 24.7 Å². The third-order valence-electron chi connectivity index (χ3n) is 8.66. The first-order valence-corrected chi connectivity index (χ1v) is 14.3. The number of nitrogens with zero attached hydrogens (tertiary/aromatic N) is 3. The van der Waals surface area contributed by atoms with Crippen LogP contribution in [0.25, 0.3) is 10.9 Å². The molecule has 2 N–H and O–H groups in total. The molecule has 2 aromatic carbocycles. The van der Waals surface area contributed by atoms with E-state index in [0.717, 1.165) is 63.1 Å². The van der Waals surface area contributed by atoms with E-state index in [1.54, 1.807) is 36.4 Å². The van der Waals surface area contributed by atoms with Crippen LogP contribution in [0.2, 0.25) is 0 Å². The van der Waals surface area contributed by atoms with Crippen LogP contribution in [-0.2, 0) is 11.3 Å². The molecule has 3 heterocycles. The highest BCUT2D eigenvalue weighted by Crippen LogP contribution is 2.41. The maximum Gasteiger partial charge on any atom is 0.406 e. The summed E-state index contributed by atoms with van der Waals surface area (Å²) < 4.78 is 52.8. The first-order valence-electron chi connectivity index (χ1n) is 14.3. The van der Waals surface area contributed by atoms with E-state index < -0.39 is 12.7 Å². The van der Waals surface area contributed by atoms with Crippen LogP contribution < -0.4 is 15.4 Å². The first kappa shape index (κ1) is 28.3. The summed E-state index contributed by atoms with van der Waals surface area (Å²) in [7, 11) is 1.51. The molecule has 7 nitrogen and oxygen atoms in total. The minimum atomic E-state index is -4.39. The number of nitrogens with one attached hydrogen (secondary N) is 2. The highest BCUT2D eigenvalue weighted by Gasteiger charge is 2.50. The Hall–Kier alpha value is -3.86. The van der Waals surface area contributed by atoms with Crippen molar-refractivity contribution in [1.82, 2.24) is 9.47 Å². The van der Waals surface area contributed by atoms with Crippen LogP contribution in [0, 0.1) is 28.6 Å². The highest BCUT2D eigenvalue weighted by atomic mass is 19.4. The number of hydrogen-bond acceptors (Lipinski definition) is 6. The average molecular weight is 578 g/mol. The van der Waals surface area contributed by atoms with Crippen LogP contribution in [0.3, 0.4) is 0 Å². The summed E-state index contributed by atoms with van der Waals surface area (Å²) in [4.78, 5) is 2.59. The standard InChI is InChI=1S/C32H34F3N5O2/c1-41-30-14-22(16-36)7-12-28(30)37-13-3-4-25-15-26-27(5-2-6-29(26)40(25)19-32(33,34)35)38-23-8-10-24(11-9-23)39-17-31(18-39)20-42-21-31/h2,5-7,12,14-15,23-24,37-38H,8-11,13,17-21H2,1H3/t23-,24+. The van der Waals surface area contributed by atoms with E-state index in [-0.39, 0.29) is 12.6 Å². The van der Waals surface area contributed by atoms with Gasteiger partial charge in [-0.05, 0) is 61.9 Å². The lowest BCUT2D eigenvalue weighted by Crippen LogP contribution is -2.68. The second-order valence-corrected chi connectivity index (χ2v) is 11.7. The lowest BCUT2D eigenvalue weighted by Gasteiger charge is -2.58. The molecule has 1 spiro atoms. The van der Waals surface area contributed by atoms with Crippen LogP contribution in [0.5, 0.6) is 5.75 Å². The number of aromatic nitrogens is 1. The monoisotopic (exact) mass is 577 g/mol. The number of ether oxygens (including phenoxy) is 2. The van der Waals surface area contributed by atoms with Gasteiger partial charge in [0.15, 0.2) is 0 Å². The Morgan fingerprint density at radius 3 is 2.52 bits per heavy atom. The largest absolute Gasteiger partial charge is 0.495 e. The molecule has 3 fully saturated rings. The van der Waals surface area contributed by atoms with Gasteiger partial charge in [-0.2, -0.15) is 18.4 Å². The summed E-state index contributed by atoms with van der Waals surface area (Å²) in [5.41, 5.74) is 3.18. The van der Waals surface area contributed by atoms with Gasteiger partial charge in [0.2, 0.25) is 0 Å². The van der Waals surface area contributed by atoms with Crippen molar-refractivity contribution in [3.8, 4) is 23.7 Å². The van der Waals surface area contributed by atoms with Crippen molar-refractivity contribution in [3.05, 3.63) is 53.7 Å². The van der Waals surface area contributed by atoms with Gasteiger partial charge in [0.1, 0.15) is 12.3 Å². The second-order valence-electron chi connectivity index (χ2n) is 11.7. The minimum Gasteiger partial charge on any atom is -0.495 e. The summed E-state index contributed by atoms with van der Waals surface area (Å²) in [6, 6.07) is 15.2. The number of anilines is 2. The molecule has 6 rings (SSSR count). The van der Waals surface area contributed by atoms with Crippen molar-refractivity contribution in [3.63, 3.8) is 0 Å². The zero-order chi connectivity index (χ0) is 29.3. The molecule has 0 atom stereocenters. The summed E-state index contributed by atoms with van der Waals surface area (Å²) in [5.74, 6) is 6.40. The fourth-order valence-electron chi connectivity index (χ4n) is 6.50. The predicted molar refractivity (Wildman–Crippen MR) is 156 cm³/mol. The summed E-state index contributed by atoms with van der Waals surface area (Å²) >= 11 is 0. The number of fused-ring (bicyclic) bond motifs is 1. The number of benzene rings is 2. The van der Waals surface area contributed by atoms with E-state index in [9.17, 15) is 13.2 Å². The molecule has 42 heavy (non-hydrogen) atoms. The Balaban J connectivity index is 1.16. The van der Waals surface area contributed by atoms with Gasteiger partial charge in [0.25, 0.3) is 0 Å². The lowest BCUT2D eigenvalue weighted by molar-refractivity contribution is -0.200. The van der Waals surface area contributed by atoms with Gasteiger partial charge in [-0.15, -0.1) is 0 Å². The predicted octanol–water partition coefficient (Wildman–Crippen LogP) is 5.60. The molecule has 10 heteroatoms. The molecule has 1 aromatic heterocycles. The molecule has 0 unspecified atom stereocenters. The van der Waals surface area contributed by atoms with Gasteiger partial charge in [0, 0.05) is 47.7 Å². The third kappa shape index (κ3) is 5.88. The lowest BCUT2D eigenvalue weighted by atomic mass is 9.75. The molecule has 1 aliphatic carbocycles. The van der Waals surface area contributed by atoms with Gasteiger partial charge in [0.05, 0.1) is 55.4 Å². The summed E-state index contributed by atoms with van der Waals surface area (Å²) in [5, 5.41) is 16.6. The van der Waals surface area contributed by atoms with Gasteiger partial charge in [-0.1, -0.05) is 12.0 Å². The normalized spacial score (nSPS) is 21.5. The van der Waals surface area contributed by atoms with Crippen molar-refractivity contribution < 1.29 is 22.6 Å². The second kappa shape index (κ2) is 11.4. The maximum absolute atomic E-state index is 13.6. The number of rotatable bonds is 7. The molecule has 2 aliphatic heterocycles. The Morgan fingerprint density at radius 1 is 1.07 bits per heavy atom. The molecule has 0 amide bonds. The van der Waals surface area contributed by atoms with Gasteiger partial charge in [-0.3, -0.25) is 4.90 Å². The Bertz CT molecular complexity index is 1540. The SMILES string of the molecule is COc1cc(C#N)ccc1NCC#Cc1cc2c(N[C@H]3CC[C@@H](N4CC5(COC5)C4)CC3)cccc2n1CC(F)(F)F. The molecule has 220 valence electrons. The molecule has 3 aliphatic rings. The molecule has 0 radical (unpaired) electrons. The summed E-state index contributed by atoms with van der Waals surface area (Å²) in [6.07, 6.45) is -0.0942. The van der Waals surface area contributed by atoms with Crippen molar-refractivity contribution in [2.24, 2.45) is 5.41 Å². The topological polar surface area (TPSA) is 74.5 Å². The molecule has 2 saturated heterocycles. The molecule has 1 saturated carbocycles. The minimum absolute atomic E-state index is 0.190. The fraction of sp³-hybridized carbons (Fsp3) is 0.469. The van der Waals surface area contributed by atoms with Crippen LogP contribution in [0.1, 0.15) is 36.9 Å². The fourth-order valence-corrected chi connectivity index (χ4v) is 6.50. The Morgan fingerprint density at radius 2 is 1.86 bits per heavy atom. The average Bonchev–Trinajstić information content (AvgIpc) is 3.27. The molecule has 3 aromatic rings. The zero-order valence-electron chi connectivity index (χ0n) is 23.6. The van der Waals surface area contributed by atoms with E-state index in [1.165, 1.54) is 11.7 Å². The van der Waals surface area contributed by atoms with Crippen LogP contribution in [-0.4, -0.2) is 67.7 Å². The Labute approximate surface area is 243 Å². The van der Waals surface area contributed by atoms with Crippen molar-refractivity contribution >= 4 is 22.3 Å². The maximum atomic E-state index is 13.6. The number of nitriles is 1. The van der Waals surface area contributed by atoms with Crippen molar-refractivity contribution in [1.29, 1.82) is 5.26 Å². The number of likely N-dealkylation sites (tertiary alicyclic amines) is 1. The number of hydrogen-bond donors (Lipinski definition) is 2. The van der Waals surface area contributed by atoms with Gasteiger partial charge >= 0.3 is 6.18 Å².